The third-order valence-corrected chi connectivity index (χ3v) is 3.40. The Balaban J connectivity index is 2.24. The number of carbonyl (C=O) groups is 1. The molecule has 0 fully saturated rings. The minimum atomic E-state index is -0.550. The minimum absolute atomic E-state index is 0.159. The van der Waals surface area contributed by atoms with E-state index in [1.165, 1.54) is 0 Å². The van der Waals surface area contributed by atoms with Gasteiger partial charge in [0.05, 0.1) is 13.2 Å². The molecule has 4 heteroatoms. The van der Waals surface area contributed by atoms with Crippen molar-refractivity contribution in [2.75, 3.05) is 12.4 Å². The third-order valence-electron chi connectivity index (χ3n) is 3.40. The van der Waals surface area contributed by atoms with Crippen LogP contribution in [0.5, 0.6) is 5.75 Å². The van der Waals surface area contributed by atoms with Crippen LogP contribution in [0.3, 0.4) is 0 Å². The van der Waals surface area contributed by atoms with E-state index in [4.69, 9.17) is 9.47 Å². The molecular formula is C19H23NO3. The number of hydrogen-bond donors (Lipinski definition) is 1. The fourth-order valence-corrected chi connectivity index (χ4v) is 2.19. The number of nitrogens with one attached hydrogen (secondary N) is 1. The first kappa shape index (κ1) is 16.9. The Morgan fingerprint density at radius 2 is 1.61 bits per heavy atom. The largest absolute Gasteiger partial charge is 0.497 e. The monoisotopic (exact) mass is 313 g/mol. The van der Waals surface area contributed by atoms with Gasteiger partial charge in [-0.05, 0) is 50.6 Å². The zero-order valence-electron chi connectivity index (χ0n) is 14.0. The second kappa shape index (κ2) is 7.68. The Hall–Kier alpha value is -2.49. The molecule has 0 saturated carbocycles. The van der Waals surface area contributed by atoms with Gasteiger partial charge in [-0.15, -0.1) is 0 Å². The average Bonchev–Trinajstić information content (AvgIpc) is 2.53. The van der Waals surface area contributed by atoms with Gasteiger partial charge in [-0.25, -0.2) is 4.79 Å². The number of benzene rings is 2. The van der Waals surface area contributed by atoms with Crippen molar-refractivity contribution in [1.82, 2.24) is 0 Å². The number of hydrogen-bond acceptors (Lipinski definition) is 4. The molecule has 0 aromatic heterocycles. The molecule has 0 aliphatic rings. The number of anilines is 1. The first-order valence-electron chi connectivity index (χ1n) is 7.67. The summed E-state index contributed by atoms with van der Waals surface area (Å²) in [6, 6.07) is 14.8. The van der Waals surface area contributed by atoms with Crippen LogP contribution in [-0.2, 0) is 9.53 Å². The van der Waals surface area contributed by atoms with E-state index >= 15 is 0 Å². The summed E-state index contributed by atoms with van der Waals surface area (Å²) in [5.41, 5.74) is 2.85. The van der Waals surface area contributed by atoms with E-state index in [2.05, 4.69) is 5.32 Å². The lowest BCUT2D eigenvalue weighted by Gasteiger charge is -2.21. The predicted molar refractivity (Wildman–Crippen MR) is 91.8 cm³/mol. The standard InChI is InChI=1S/C19H23NO3/c1-13(2)23-19(21)18(15-7-5-14(3)6-8-15)20-16-9-11-17(22-4)12-10-16/h5-13,18,20H,1-4H3. The van der Waals surface area contributed by atoms with Crippen molar-refractivity contribution in [2.24, 2.45) is 0 Å². The topological polar surface area (TPSA) is 47.6 Å². The molecule has 0 aliphatic heterocycles. The molecule has 1 unspecified atom stereocenters. The summed E-state index contributed by atoms with van der Waals surface area (Å²) in [5, 5.41) is 3.24. The SMILES string of the molecule is COc1ccc(NC(C(=O)OC(C)C)c2ccc(C)cc2)cc1. The lowest BCUT2D eigenvalue weighted by atomic mass is 10.0. The van der Waals surface area contributed by atoms with Crippen LogP contribution in [0.2, 0.25) is 0 Å². The summed E-state index contributed by atoms with van der Waals surface area (Å²) in [7, 11) is 1.62. The molecule has 0 bridgehead atoms. The number of aryl methyl sites for hydroxylation is 1. The van der Waals surface area contributed by atoms with E-state index in [1.54, 1.807) is 7.11 Å². The Morgan fingerprint density at radius 3 is 2.13 bits per heavy atom. The number of carbonyl (C=O) groups excluding carboxylic acids is 1. The first-order chi connectivity index (χ1) is 11.0. The summed E-state index contributed by atoms with van der Waals surface area (Å²) >= 11 is 0. The van der Waals surface area contributed by atoms with Gasteiger partial charge in [-0.2, -0.15) is 0 Å². The van der Waals surface area contributed by atoms with Crippen LogP contribution in [-0.4, -0.2) is 19.2 Å². The molecule has 0 saturated heterocycles. The van der Waals surface area contributed by atoms with Crippen LogP contribution < -0.4 is 10.1 Å². The Kier molecular flexibility index (Phi) is 5.63. The summed E-state index contributed by atoms with van der Waals surface area (Å²) in [6.45, 7) is 5.71. The van der Waals surface area contributed by atoms with Crippen LogP contribution >= 0.6 is 0 Å². The molecule has 1 N–H and O–H groups in total. The first-order valence-corrected chi connectivity index (χ1v) is 7.67. The molecule has 122 valence electrons. The van der Waals surface area contributed by atoms with Gasteiger partial charge < -0.3 is 14.8 Å². The zero-order valence-corrected chi connectivity index (χ0v) is 14.0. The highest BCUT2D eigenvalue weighted by Crippen LogP contribution is 2.24. The number of methoxy groups -OCH3 is 1. The number of rotatable bonds is 6. The van der Waals surface area contributed by atoms with Crippen molar-refractivity contribution in [1.29, 1.82) is 0 Å². The molecule has 2 aromatic carbocycles. The normalized spacial score (nSPS) is 11.9. The lowest BCUT2D eigenvalue weighted by molar-refractivity contribution is -0.148. The molecule has 0 radical (unpaired) electrons. The van der Waals surface area contributed by atoms with Gasteiger partial charge in [0.2, 0.25) is 0 Å². The van der Waals surface area contributed by atoms with Gasteiger partial charge in [0.25, 0.3) is 0 Å². The van der Waals surface area contributed by atoms with Gasteiger partial charge in [0.15, 0.2) is 6.04 Å². The highest BCUT2D eigenvalue weighted by Gasteiger charge is 2.23. The maximum absolute atomic E-state index is 12.5. The average molecular weight is 313 g/mol. The molecule has 4 nitrogen and oxygen atoms in total. The van der Waals surface area contributed by atoms with Crippen molar-refractivity contribution in [3.8, 4) is 5.75 Å². The predicted octanol–water partition coefficient (Wildman–Crippen LogP) is 4.11. The Morgan fingerprint density at radius 1 is 1.00 bits per heavy atom. The molecule has 0 spiro atoms. The maximum Gasteiger partial charge on any atom is 0.333 e. The van der Waals surface area contributed by atoms with Crippen LogP contribution in [0.1, 0.15) is 31.0 Å². The van der Waals surface area contributed by atoms with E-state index in [9.17, 15) is 4.79 Å². The zero-order chi connectivity index (χ0) is 16.8. The van der Waals surface area contributed by atoms with Gasteiger partial charge in [-0.3, -0.25) is 0 Å². The van der Waals surface area contributed by atoms with Gasteiger partial charge in [-0.1, -0.05) is 29.8 Å². The van der Waals surface area contributed by atoms with Crippen molar-refractivity contribution in [3.63, 3.8) is 0 Å². The van der Waals surface area contributed by atoms with E-state index < -0.39 is 6.04 Å². The van der Waals surface area contributed by atoms with Crippen molar-refractivity contribution in [3.05, 3.63) is 59.7 Å². The molecule has 0 amide bonds. The molecule has 0 aliphatic carbocycles. The van der Waals surface area contributed by atoms with Gasteiger partial charge in [0, 0.05) is 5.69 Å². The molecule has 1 atom stereocenters. The van der Waals surface area contributed by atoms with Crippen molar-refractivity contribution >= 4 is 11.7 Å². The highest BCUT2D eigenvalue weighted by molar-refractivity contribution is 5.81. The van der Waals surface area contributed by atoms with E-state index in [-0.39, 0.29) is 12.1 Å². The fraction of sp³-hybridized carbons (Fsp3) is 0.316. The Labute approximate surface area is 137 Å². The van der Waals surface area contributed by atoms with Crippen LogP contribution in [0.15, 0.2) is 48.5 Å². The quantitative estimate of drug-likeness (QED) is 0.815. The van der Waals surface area contributed by atoms with Crippen LogP contribution in [0.25, 0.3) is 0 Å². The maximum atomic E-state index is 12.5. The number of esters is 1. The second-order valence-electron chi connectivity index (χ2n) is 5.70. The van der Waals surface area contributed by atoms with Crippen molar-refractivity contribution < 1.29 is 14.3 Å². The molecule has 0 heterocycles. The van der Waals surface area contributed by atoms with Crippen molar-refractivity contribution in [2.45, 2.75) is 32.9 Å². The third kappa shape index (κ3) is 4.74. The lowest BCUT2D eigenvalue weighted by Crippen LogP contribution is -2.25. The molecular weight excluding hydrogens is 290 g/mol. The molecule has 2 rings (SSSR count). The molecule has 23 heavy (non-hydrogen) atoms. The van der Waals surface area contributed by atoms with Crippen LogP contribution in [0.4, 0.5) is 5.69 Å². The van der Waals surface area contributed by atoms with E-state index in [1.807, 2.05) is 69.3 Å². The highest BCUT2D eigenvalue weighted by atomic mass is 16.5. The second-order valence-corrected chi connectivity index (χ2v) is 5.70. The molecule has 2 aromatic rings. The summed E-state index contributed by atoms with van der Waals surface area (Å²) in [4.78, 5) is 12.5. The summed E-state index contributed by atoms with van der Waals surface area (Å²) < 4.78 is 10.5. The number of ether oxygens (including phenoxy) is 2. The fourth-order valence-electron chi connectivity index (χ4n) is 2.19. The van der Waals surface area contributed by atoms with E-state index in [0.29, 0.717) is 0 Å². The summed E-state index contributed by atoms with van der Waals surface area (Å²) in [5.74, 6) is 0.479. The Bertz CT molecular complexity index is 633. The van der Waals surface area contributed by atoms with E-state index in [0.717, 1.165) is 22.6 Å². The minimum Gasteiger partial charge on any atom is -0.497 e. The van der Waals surface area contributed by atoms with Gasteiger partial charge >= 0.3 is 5.97 Å². The summed E-state index contributed by atoms with van der Waals surface area (Å²) in [6.07, 6.45) is -0.159. The smallest absolute Gasteiger partial charge is 0.333 e. The van der Waals surface area contributed by atoms with Crippen LogP contribution in [0, 0.1) is 6.92 Å². The van der Waals surface area contributed by atoms with Gasteiger partial charge in [0.1, 0.15) is 5.75 Å².